The van der Waals surface area contributed by atoms with Crippen molar-refractivity contribution in [1.82, 2.24) is 14.9 Å². The van der Waals surface area contributed by atoms with Crippen LogP contribution in [-0.2, 0) is 15.3 Å². The van der Waals surface area contributed by atoms with E-state index in [1.807, 2.05) is 24.4 Å². The number of carbonyl (C=O) groups is 2. The second kappa shape index (κ2) is 5.86. The number of hydrogen-bond acceptors (Lipinski definition) is 5. The monoisotopic (exact) mass is 344 g/mol. The van der Waals surface area contributed by atoms with Crippen molar-refractivity contribution in [2.75, 3.05) is 18.0 Å². The number of aromatic nitrogens is 2. The largest absolute Gasteiger partial charge is 0.442 e. The van der Waals surface area contributed by atoms with E-state index in [0.717, 1.165) is 27.8 Å². The summed E-state index contributed by atoms with van der Waals surface area (Å²) in [5.74, 6) is 1.70. The molecule has 1 fully saturated rings. The van der Waals surface area contributed by atoms with E-state index in [-0.39, 0.29) is 18.1 Å². The number of benzene rings is 1. The zero-order valence-corrected chi connectivity index (χ0v) is 13.9. The Morgan fingerprint density at radius 2 is 2.38 bits per heavy atom. The third-order valence-corrected chi connectivity index (χ3v) is 5.08. The van der Waals surface area contributed by atoms with Gasteiger partial charge in [-0.3, -0.25) is 9.69 Å². The predicted molar refractivity (Wildman–Crippen MR) is 89.4 cm³/mol. The number of imidazole rings is 1. The van der Waals surface area contributed by atoms with E-state index in [9.17, 15) is 9.59 Å². The van der Waals surface area contributed by atoms with Gasteiger partial charge in [-0.05, 0) is 18.2 Å². The summed E-state index contributed by atoms with van der Waals surface area (Å²) in [5, 5.41) is 2.68. The van der Waals surface area contributed by atoms with E-state index in [2.05, 4.69) is 14.9 Å². The van der Waals surface area contributed by atoms with Crippen LogP contribution in [0.4, 0.5) is 10.5 Å². The van der Waals surface area contributed by atoms with Crippen LogP contribution in [0.5, 0.6) is 0 Å². The summed E-state index contributed by atoms with van der Waals surface area (Å²) >= 11 is 1.71. The Morgan fingerprint density at radius 3 is 3.21 bits per heavy atom. The molecule has 1 saturated heterocycles. The molecule has 1 atom stereocenters. The Balaban J connectivity index is 1.56. The van der Waals surface area contributed by atoms with Crippen LogP contribution in [0.25, 0.3) is 5.69 Å². The van der Waals surface area contributed by atoms with Gasteiger partial charge in [0.25, 0.3) is 0 Å². The number of cyclic esters (lactones) is 1. The van der Waals surface area contributed by atoms with Crippen LogP contribution in [0.1, 0.15) is 12.7 Å². The lowest BCUT2D eigenvalue weighted by atomic mass is 10.2. The van der Waals surface area contributed by atoms with Crippen molar-refractivity contribution in [1.29, 1.82) is 0 Å². The molecule has 0 aliphatic carbocycles. The van der Waals surface area contributed by atoms with E-state index >= 15 is 0 Å². The number of thioether (sulfide) groups is 1. The van der Waals surface area contributed by atoms with Crippen molar-refractivity contribution in [3.05, 3.63) is 36.4 Å². The lowest BCUT2D eigenvalue weighted by molar-refractivity contribution is -0.119. The highest BCUT2D eigenvalue weighted by molar-refractivity contribution is 7.98. The fraction of sp³-hybridized carbons (Fsp3) is 0.312. The smallest absolute Gasteiger partial charge is 0.414 e. The van der Waals surface area contributed by atoms with Crippen LogP contribution in [0, 0.1) is 0 Å². The van der Waals surface area contributed by atoms with Gasteiger partial charge < -0.3 is 14.6 Å². The molecule has 1 aromatic carbocycles. The summed E-state index contributed by atoms with van der Waals surface area (Å²) in [6, 6.07) is 5.91. The lowest BCUT2D eigenvalue weighted by Gasteiger charge is -2.21. The van der Waals surface area contributed by atoms with Gasteiger partial charge in [-0.2, -0.15) is 0 Å². The minimum Gasteiger partial charge on any atom is -0.442 e. The van der Waals surface area contributed by atoms with Crippen LogP contribution in [0.2, 0.25) is 0 Å². The Morgan fingerprint density at radius 1 is 1.50 bits per heavy atom. The van der Waals surface area contributed by atoms with Crippen LogP contribution < -0.4 is 10.2 Å². The summed E-state index contributed by atoms with van der Waals surface area (Å²) < 4.78 is 7.38. The first kappa shape index (κ1) is 15.1. The maximum atomic E-state index is 12.1. The van der Waals surface area contributed by atoms with E-state index in [4.69, 9.17) is 4.74 Å². The molecule has 2 aliphatic rings. The number of carbonyl (C=O) groups excluding carboxylic acids is 2. The SMILES string of the molecule is CC(=O)NC[C@H]1CN(c2ccc3c(c2)SCc2nccn2-3)C(=O)O1. The van der Waals surface area contributed by atoms with Gasteiger partial charge in [-0.25, -0.2) is 9.78 Å². The standard InChI is InChI=1S/C16H16N4O3S/c1-10(21)18-7-12-8-20(16(22)23-12)11-2-3-13-14(6-11)24-9-15-17-4-5-19(13)15/h2-6,12H,7-9H2,1H3,(H,18,21)/t12-/m0/s1. The van der Waals surface area contributed by atoms with Gasteiger partial charge in [0.2, 0.25) is 5.91 Å². The second-order valence-corrected chi connectivity index (χ2v) is 6.72. The number of rotatable bonds is 3. The quantitative estimate of drug-likeness (QED) is 0.921. The van der Waals surface area contributed by atoms with Crippen molar-refractivity contribution in [3.63, 3.8) is 0 Å². The third kappa shape index (κ3) is 2.62. The summed E-state index contributed by atoms with van der Waals surface area (Å²) in [6.45, 7) is 2.20. The molecule has 2 amide bonds. The summed E-state index contributed by atoms with van der Waals surface area (Å²) in [5.41, 5.74) is 1.88. The van der Waals surface area contributed by atoms with Gasteiger partial charge in [-0.1, -0.05) is 0 Å². The van der Waals surface area contributed by atoms with Gasteiger partial charge in [0.15, 0.2) is 0 Å². The molecule has 0 unspecified atom stereocenters. The van der Waals surface area contributed by atoms with E-state index < -0.39 is 0 Å². The molecule has 2 aliphatic heterocycles. The molecule has 0 radical (unpaired) electrons. The van der Waals surface area contributed by atoms with Crippen LogP contribution in [0.15, 0.2) is 35.5 Å². The minimum absolute atomic E-state index is 0.134. The number of ether oxygens (including phenoxy) is 1. The van der Waals surface area contributed by atoms with Crippen molar-refractivity contribution >= 4 is 29.4 Å². The second-order valence-electron chi connectivity index (χ2n) is 5.71. The summed E-state index contributed by atoms with van der Waals surface area (Å²) in [4.78, 5) is 30.2. The number of hydrogen-bond donors (Lipinski definition) is 1. The molecule has 1 N–H and O–H groups in total. The molecule has 7 nitrogen and oxygen atoms in total. The first-order chi connectivity index (χ1) is 11.6. The van der Waals surface area contributed by atoms with Crippen LogP contribution >= 0.6 is 11.8 Å². The first-order valence-electron chi connectivity index (χ1n) is 7.64. The average molecular weight is 344 g/mol. The fourth-order valence-electron chi connectivity index (χ4n) is 2.88. The zero-order chi connectivity index (χ0) is 16.7. The van der Waals surface area contributed by atoms with Gasteiger partial charge in [0.05, 0.1) is 24.5 Å². The number of nitrogens with zero attached hydrogens (tertiary/aromatic N) is 3. The summed E-state index contributed by atoms with van der Waals surface area (Å²) in [7, 11) is 0. The molecule has 0 saturated carbocycles. The maximum Gasteiger partial charge on any atom is 0.414 e. The van der Waals surface area contributed by atoms with Crippen molar-refractivity contribution < 1.29 is 14.3 Å². The van der Waals surface area contributed by atoms with Crippen molar-refractivity contribution in [2.24, 2.45) is 0 Å². The molecule has 0 spiro atoms. The van der Waals surface area contributed by atoms with E-state index in [0.29, 0.717) is 13.1 Å². The fourth-order valence-corrected chi connectivity index (χ4v) is 3.90. The Kier molecular flexibility index (Phi) is 3.68. The number of fused-ring (bicyclic) bond motifs is 3. The highest BCUT2D eigenvalue weighted by Gasteiger charge is 2.33. The van der Waals surface area contributed by atoms with Crippen molar-refractivity contribution in [2.45, 2.75) is 23.7 Å². The van der Waals surface area contributed by atoms with Gasteiger partial charge in [0, 0.05) is 29.9 Å². The maximum absolute atomic E-state index is 12.1. The molecular weight excluding hydrogens is 328 g/mol. The Labute approximate surface area is 143 Å². The van der Waals surface area contributed by atoms with Crippen molar-refractivity contribution in [3.8, 4) is 5.69 Å². The van der Waals surface area contributed by atoms with Gasteiger partial charge in [0.1, 0.15) is 11.9 Å². The first-order valence-corrected chi connectivity index (χ1v) is 8.62. The molecule has 4 rings (SSSR count). The van der Waals surface area contributed by atoms with E-state index in [1.54, 1.807) is 22.9 Å². The lowest BCUT2D eigenvalue weighted by Crippen LogP contribution is -2.33. The number of nitrogens with one attached hydrogen (secondary N) is 1. The minimum atomic E-state index is -0.380. The molecule has 1 aromatic heterocycles. The van der Waals surface area contributed by atoms with Gasteiger partial charge >= 0.3 is 6.09 Å². The molecular formula is C16H16N4O3S. The molecule has 0 bridgehead atoms. The Hall–Kier alpha value is -2.48. The molecule has 124 valence electrons. The number of amides is 2. The topological polar surface area (TPSA) is 76.5 Å². The molecule has 8 heteroatoms. The third-order valence-electron chi connectivity index (χ3n) is 4.04. The molecule has 3 heterocycles. The van der Waals surface area contributed by atoms with Crippen LogP contribution in [-0.4, -0.2) is 40.7 Å². The predicted octanol–water partition coefficient (Wildman–Crippen LogP) is 1.94. The van der Waals surface area contributed by atoms with E-state index in [1.165, 1.54) is 6.92 Å². The summed E-state index contributed by atoms with van der Waals surface area (Å²) in [6.07, 6.45) is 3.03. The number of anilines is 1. The zero-order valence-electron chi connectivity index (χ0n) is 13.1. The Bertz CT molecular complexity index is 819. The molecule has 24 heavy (non-hydrogen) atoms. The van der Waals surface area contributed by atoms with Gasteiger partial charge in [-0.15, -0.1) is 11.8 Å². The average Bonchev–Trinajstić information content (AvgIpc) is 3.18. The highest BCUT2D eigenvalue weighted by Crippen LogP contribution is 2.37. The van der Waals surface area contributed by atoms with Crippen LogP contribution in [0.3, 0.4) is 0 Å². The molecule has 2 aromatic rings. The highest BCUT2D eigenvalue weighted by atomic mass is 32.2. The normalized spacial score (nSPS) is 18.8.